The first-order chi connectivity index (χ1) is 18.0. The fourth-order valence-electron chi connectivity index (χ4n) is 4.50. The van der Waals surface area contributed by atoms with E-state index in [1.54, 1.807) is 36.5 Å². The molecule has 1 aliphatic heterocycles. The number of carbonyl (C=O) groups excluding carboxylic acids is 2. The number of ketones is 1. The maximum absolute atomic E-state index is 13.6. The maximum atomic E-state index is 13.6. The number of hydrogen-bond acceptors (Lipinski definition) is 6. The minimum atomic E-state index is -0.256. The van der Waals surface area contributed by atoms with Crippen molar-refractivity contribution in [2.24, 2.45) is 0 Å². The summed E-state index contributed by atoms with van der Waals surface area (Å²) in [4.78, 5) is 39.5. The van der Waals surface area contributed by atoms with Crippen LogP contribution in [0, 0.1) is 0 Å². The zero-order chi connectivity index (χ0) is 25.8. The first kappa shape index (κ1) is 24.5. The number of anilines is 1. The van der Waals surface area contributed by atoms with Gasteiger partial charge < -0.3 is 19.9 Å². The number of ether oxygens (including phenoxy) is 1. The molecular weight excluding hydrogens is 490 g/mol. The highest BCUT2D eigenvalue weighted by molar-refractivity contribution is 6.35. The number of likely N-dealkylation sites (tertiary alicyclic amines) is 1. The number of benzene rings is 2. The lowest BCUT2D eigenvalue weighted by molar-refractivity contribution is -0.127. The number of rotatable bonds is 7. The Hall–Kier alpha value is -4.17. The summed E-state index contributed by atoms with van der Waals surface area (Å²) in [5, 5.41) is 4.31. The minimum Gasteiger partial charge on any atom is -0.457 e. The predicted octanol–water partition coefficient (Wildman–Crippen LogP) is 5.61. The van der Waals surface area contributed by atoms with Gasteiger partial charge in [-0.15, -0.1) is 0 Å². The van der Waals surface area contributed by atoms with Crippen molar-refractivity contribution < 1.29 is 14.3 Å². The van der Waals surface area contributed by atoms with Gasteiger partial charge in [0.05, 0.1) is 16.0 Å². The van der Waals surface area contributed by atoms with Gasteiger partial charge in [0.25, 0.3) is 0 Å². The van der Waals surface area contributed by atoms with Crippen molar-refractivity contribution >= 4 is 40.1 Å². The normalized spacial score (nSPS) is 15.7. The third-order valence-electron chi connectivity index (χ3n) is 6.26. The number of carbonyl (C=O) groups is 2. The number of aromatic amines is 1. The van der Waals surface area contributed by atoms with E-state index in [2.05, 4.69) is 20.3 Å². The van der Waals surface area contributed by atoms with Gasteiger partial charge in [0, 0.05) is 37.0 Å². The van der Waals surface area contributed by atoms with Crippen molar-refractivity contribution in [3.05, 3.63) is 89.4 Å². The molecular formula is C28H26ClN5O3. The number of nitrogens with one attached hydrogen (secondary N) is 2. The van der Waals surface area contributed by atoms with Crippen LogP contribution in [-0.2, 0) is 4.79 Å². The summed E-state index contributed by atoms with van der Waals surface area (Å²) in [5.41, 5.74) is 1.30. The smallest absolute Gasteiger partial charge is 0.246 e. The summed E-state index contributed by atoms with van der Waals surface area (Å²) >= 11 is 6.52. The number of piperidine rings is 1. The van der Waals surface area contributed by atoms with Crippen LogP contribution in [0.25, 0.3) is 11.0 Å². The van der Waals surface area contributed by atoms with Crippen molar-refractivity contribution in [3.63, 3.8) is 0 Å². The molecule has 3 heterocycles. The molecule has 4 aromatic rings. The first-order valence-corrected chi connectivity index (χ1v) is 12.5. The molecule has 2 aromatic carbocycles. The number of H-pyrrole nitrogens is 1. The zero-order valence-corrected chi connectivity index (χ0v) is 21.0. The molecule has 1 amide bonds. The van der Waals surface area contributed by atoms with E-state index in [0.717, 1.165) is 19.4 Å². The second kappa shape index (κ2) is 10.8. The molecule has 1 saturated heterocycles. The van der Waals surface area contributed by atoms with Crippen LogP contribution in [0.5, 0.6) is 11.5 Å². The van der Waals surface area contributed by atoms with Crippen LogP contribution in [0.4, 0.5) is 5.82 Å². The van der Waals surface area contributed by atoms with Gasteiger partial charge in [-0.2, -0.15) is 0 Å². The van der Waals surface area contributed by atoms with Crippen LogP contribution in [0.2, 0.25) is 5.02 Å². The van der Waals surface area contributed by atoms with Gasteiger partial charge in [-0.05, 0) is 50.1 Å². The molecule has 2 aromatic heterocycles. The molecule has 188 valence electrons. The molecule has 5 rings (SSSR count). The van der Waals surface area contributed by atoms with E-state index < -0.39 is 0 Å². The standard InChI is InChI=1S/C28H26ClN5O3/c1-2-7-24(35)34-13-6-8-18(16-34)33-28-25-22(15-30-27(25)31-17-32-28)26(36)21-12-11-20(14-23(21)29)37-19-9-4-3-5-10-19/h2-5,7,9-12,14-15,17-18H,6,8,13,16H2,1H3,(H2,30,31,32,33). The SMILES string of the molecule is CC=CC(=O)N1CCCC(Nc2ncnc3[nH]cc(C(=O)c4ccc(Oc5ccccc5)cc4Cl)c23)C1. The molecule has 2 N–H and O–H groups in total. The Kier molecular flexibility index (Phi) is 7.18. The van der Waals surface area contributed by atoms with Gasteiger partial charge in [-0.25, -0.2) is 9.97 Å². The van der Waals surface area contributed by atoms with Crippen molar-refractivity contribution in [3.8, 4) is 11.5 Å². The molecule has 37 heavy (non-hydrogen) atoms. The zero-order valence-electron chi connectivity index (χ0n) is 20.3. The van der Waals surface area contributed by atoms with Crippen molar-refractivity contribution in [1.29, 1.82) is 0 Å². The first-order valence-electron chi connectivity index (χ1n) is 12.1. The van der Waals surface area contributed by atoms with E-state index in [4.69, 9.17) is 16.3 Å². The lowest BCUT2D eigenvalue weighted by Gasteiger charge is -2.33. The summed E-state index contributed by atoms with van der Waals surface area (Å²) in [6.07, 6.45) is 8.16. The average Bonchev–Trinajstić information content (AvgIpc) is 3.35. The highest BCUT2D eigenvalue weighted by Gasteiger charge is 2.25. The summed E-state index contributed by atoms with van der Waals surface area (Å²) in [5.74, 6) is 1.49. The average molecular weight is 516 g/mol. The Bertz CT molecular complexity index is 1470. The van der Waals surface area contributed by atoms with Crippen LogP contribution in [0.3, 0.4) is 0 Å². The van der Waals surface area contributed by atoms with Gasteiger partial charge >= 0.3 is 0 Å². The molecule has 0 aliphatic carbocycles. The number of allylic oxidation sites excluding steroid dienone is 1. The number of halogens is 1. The van der Waals surface area contributed by atoms with Gasteiger partial charge in [0.1, 0.15) is 29.3 Å². The second-order valence-corrected chi connectivity index (χ2v) is 9.21. The van der Waals surface area contributed by atoms with E-state index in [1.807, 2.05) is 42.2 Å². The summed E-state index contributed by atoms with van der Waals surface area (Å²) in [6, 6.07) is 14.4. The number of hydrogen-bond donors (Lipinski definition) is 2. The molecule has 9 heteroatoms. The molecule has 1 atom stereocenters. The van der Waals surface area contributed by atoms with Crippen LogP contribution in [0.1, 0.15) is 35.7 Å². The Balaban J connectivity index is 1.40. The molecule has 1 fully saturated rings. The number of amides is 1. The van der Waals surface area contributed by atoms with E-state index in [0.29, 0.717) is 46.0 Å². The van der Waals surface area contributed by atoms with Crippen molar-refractivity contribution in [2.45, 2.75) is 25.8 Å². The summed E-state index contributed by atoms with van der Waals surface area (Å²) in [7, 11) is 0. The molecule has 1 aliphatic rings. The van der Waals surface area contributed by atoms with Crippen molar-refractivity contribution in [2.75, 3.05) is 18.4 Å². The number of aromatic nitrogens is 3. The quantitative estimate of drug-likeness (QED) is 0.245. The van der Waals surface area contributed by atoms with E-state index >= 15 is 0 Å². The van der Waals surface area contributed by atoms with Gasteiger partial charge in [0.2, 0.25) is 5.91 Å². The maximum Gasteiger partial charge on any atom is 0.246 e. The van der Waals surface area contributed by atoms with Crippen LogP contribution < -0.4 is 10.1 Å². The molecule has 0 radical (unpaired) electrons. The largest absolute Gasteiger partial charge is 0.457 e. The fourth-order valence-corrected chi connectivity index (χ4v) is 4.76. The second-order valence-electron chi connectivity index (χ2n) is 8.80. The summed E-state index contributed by atoms with van der Waals surface area (Å²) < 4.78 is 5.84. The monoisotopic (exact) mass is 515 g/mol. The highest BCUT2D eigenvalue weighted by atomic mass is 35.5. The van der Waals surface area contributed by atoms with Gasteiger partial charge in [-0.3, -0.25) is 9.59 Å². The highest BCUT2D eigenvalue weighted by Crippen LogP contribution is 2.31. The molecule has 1 unspecified atom stereocenters. The Morgan fingerprint density at radius 2 is 1.97 bits per heavy atom. The lowest BCUT2D eigenvalue weighted by Crippen LogP contribution is -2.44. The number of para-hydroxylation sites is 1. The van der Waals surface area contributed by atoms with Crippen LogP contribution in [-0.4, -0.2) is 50.7 Å². The molecule has 0 spiro atoms. The predicted molar refractivity (Wildman–Crippen MR) is 143 cm³/mol. The van der Waals surface area contributed by atoms with E-state index in [1.165, 1.54) is 6.33 Å². The number of fused-ring (bicyclic) bond motifs is 1. The van der Waals surface area contributed by atoms with E-state index in [-0.39, 0.29) is 22.8 Å². The Morgan fingerprint density at radius 1 is 1.14 bits per heavy atom. The number of nitrogens with zero attached hydrogens (tertiary/aromatic N) is 3. The summed E-state index contributed by atoms with van der Waals surface area (Å²) in [6.45, 7) is 3.10. The molecule has 8 nitrogen and oxygen atoms in total. The fraction of sp³-hybridized carbons (Fsp3) is 0.214. The van der Waals surface area contributed by atoms with E-state index in [9.17, 15) is 9.59 Å². The lowest BCUT2D eigenvalue weighted by atomic mass is 10.0. The third-order valence-corrected chi connectivity index (χ3v) is 6.57. The van der Waals surface area contributed by atoms with Gasteiger partial charge in [-0.1, -0.05) is 35.9 Å². The molecule has 0 bridgehead atoms. The Labute approximate surface area is 219 Å². The van der Waals surface area contributed by atoms with Gasteiger partial charge in [0.15, 0.2) is 5.78 Å². The van der Waals surface area contributed by atoms with Crippen LogP contribution >= 0.6 is 11.6 Å². The third kappa shape index (κ3) is 5.34. The van der Waals surface area contributed by atoms with Crippen molar-refractivity contribution in [1.82, 2.24) is 19.9 Å². The topological polar surface area (TPSA) is 100 Å². The minimum absolute atomic E-state index is 0.00286. The Morgan fingerprint density at radius 3 is 2.76 bits per heavy atom. The van der Waals surface area contributed by atoms with Crippen LogP contribution in [0.15, 0.2) is 73.2 Å². The molecule has 0 saturated carbocycles.